The van der Waals surface area contributed by atoms with Crippen LogP contribution in [-0.4, -0.2) is 24.5 Å². The summed E-state index contributed by atoms with van der Waals surface area (Å²) in [5, 5.41) is 6.30. The molecule has 3 heteroatoms. The largest absolute Gasteiger partial charge is 0.356 e. The monoisotopic (exact) mass is 226 g/mol. The molecule has 94 valence electrons. The first-order chi connectivity index (χ1) is 7.47. The first-order valence-electron chi connectivity index (χ1n) is 6.49. The van der Waals surface area contributed by atoms with E-state index < -0.39 is 0 Å². The van der Waals surface area contributed by atoms with Gasteiger partial charge in [-0.15, -0.1) is 0 Å². The number of carbonyl (C=O) groups excluding carboxylic acids is 1. The Bertz CT molecular complexity index is 216. The number of nitrogens with one attached hydrogen (secondary N) is 2. The van der Waals surface area contributed by atoms with Gasteiger partial charge < -0.3 is 10.6 Å². The van der Waals surface area contributed by atoms with E-state index in [1.54, 1.807) is 0 Å². The summed E-state index contributed by atoms with van der Waals surface area (Å²) in [4.78, 5) is 11.5. The minimum Gasteiger partial charge on any atom is -0.356 e. The molecular weight excluding hydrogens is 200 g/mol. The molecule has 16 heavy (non-hydrogen) atoms. The van der Waals surface area contributed by atoms with Crippen LogP contribution in [0.5, 0.6) is 0 Å². The van der Waals surface area contributed by atoms with Crippen LogP contribution in [0.25, 0.3) is 0 Å². The van der Waals surface area contributed by atoms with E-state index in [4.69, 9.17) is 0 Å². The molecule has 0 bridgehead atoms. The topological polar surface area (TPSA) is 41.1 Å². The number of amides is 1. The zero-order valence-corrected chi connectivity index (χ0v) is 10.9. The van der Waals surface area contributed by atoms with Gasteiger partial charge in [-0.2, -0.15) is 0 Å². The molecule has 0 atom stereocenters. The second-order valence-corrected chi connectivity index (χ2v) is 5.86. The van der Waals surface area contributed by atoms with Crippen LogP contribution in [0.15, 0.2) is 0 Å². The van der Waals surface area contributed by atoms with Gasteiger partial charge in [-0.25, -0.2) is 0 Å². The van der Waals surface area contributed by atoms with Crippen molar-refractivity contribution < 1.29 is 4.79 Å². The molecule has 1 aliphatic rings. The lowest BCUT2D eigenvalue weighted by molar-refractivity contribution is -0.121. The zero-order valence-electron chi connectivity index (χ0n) is 10.9. The molecule has 1 amide bonds. The van der Waals surface area contributed by atoms with Gasteiger partial charge in [0.05, 0.1) is 0 Å². The standard InChI is InChI=1S/C13H26N2O/c1-13(2,3)15-10-8-12(16)14-9-7-11-5-4-6-11/h11,15H,4-10H2,1-3H3,(H,14,16). The Labute approximate surface area is 99.4 Å². The highest BCUT2D eigenvalue weighted by Crippen LogP contribution is 2.28. The molecule has 3 nitrogen and oxygen atoms in total. The van der Waals surface area contributed by atoms with E-state index in [1.807, 2.05) is 0 Å². The van der Waals surface area contributed by atoms with Crippen LogP contribution in [-0.2, 0) is 4.79 Å². The maximum Gasteiger partial charge on any atom is 0.221 e. The van der Waals surface area contributed by atoms with E-state index in [0.29, 0.717) is 6.42 Å². The highest BCUT2D eigenvalue weighted by Gasteiger charge is 2.16. The van der Waals surface area contributed by atoms with Crippen molar-refractivity contribution in [3.63, 3.8) is 0 Å². The van der Waals surface area contributed by atoms with Crippen molar-refractivity contribution in [2.75, 3.05) is 13.1 Å². The predicted octanol–water partition coefficient (Wildman–Crippen LogP) is 2.07. The quantitative estimate of drug-likeness (QED) is 0.728. The fourth-order valence-corrected chi connectivity index (χ4v) is 1.84. The van der Waals surface area contributed by atoms with Crippen LogP contribution in [0.1, 0.15) is 52.9 Å². The van der Waals surface area contributed by atoms with E-state index in [-0.39, 0.29) is 11.4 Å². The van der Waals surface area contributed by atoms with E-state index in [0.717, 1.165) is 19.0 Å². The van der Waals surface area contributed by atoms with Crippen molar-refractivity contribution in [3.05, 3.63) is 0 Å². The number of carbonyl (C=O) groups is 1. The average molecular weight is 226 g/mol. The van der Waals surface area contributed by atoms with Gasteiger partial charge in [-0.1, -0.05) is 19.3 Å². The first-order valence-corrected chi connectivity index (χ1v) is 6.49. The molecule has 1 rings (SSSR count). The van der Waals surface area contributed by atoms with Crippen LogP contribution >= 0.6 is 0 Å². The van der Waals surface area contributed by atoms with Gasteiger partial charge in [0.25, 0.3) is 0 Å². The minimum absolute atomic E-state index is 0.103. The van der Waals surface area contributed by atoms with Crippen molar-refractivity contribution >= 4 is 5.91 Å². The summed E-state index contributed by atoms with van der Waals surface area (Å²) >= 11 is 0. The summed E-state index contributed by atoms with van der Waals surface area (Å²) < 4.78 is 0. The fourth-order valence-electron chi connectivity index (χ4n) is 1.84. The van der Waals surface area contributed by atoms with E-state index in [9.17, 15) is 4.79 Å². The van der Waals surface area contributed by atoms with E-state index >= 15 is 0 Å². The highest BCUT2D eigenvalue weighted by atomic mass is 16.1. The molecule has 0 radical (unpaired) electrons. The molecule has 0 heterocycles. The summed E-state index contributed by atoms with van der Waals surface area (Å²) in [7, 11) is 0. The highest BCUT2D eigenvalue weighted by molar-refractivity contribution is 5.76. The Hall–Kier alpha value is -0.570. The van der Waals surface area contributed by atoms with Gasteiger partial charge in [0, 0.05) is 25.0 Å². The third kappa shape index (κ3) is 6.11. The Morgan fingerprint density at radius 1 is 1.25 bits per heavy atom. The fraction of sp³-hybridized carbons (Fsp3) is 0.923. The van der Waals surface area contributed by atoms with Crippen LogP contribution in [0.2, 0.25) is 0 Å². The third-order valence-electron chi connectivity index (χ3n) is 3.11. The molecule has 2 N–H and O–H groups in total. The van der Waals surface area contributed by atoms with Crippen LogP contribution in [0, 0.1) is 5.92 Å². The second kappa shape index (κ2) is 6.24. The van der Waals surface area contributed by atoms with Crippen molar-refractivity contribution in [3.8, 4) is 0 Å². The van der Waals surface area contributed by atoms with Gasteiger partial charge in [0.2, 0.25) is 5.91 Å². The average Bonchev–Trinajstić information content (AvgIpc) is 2.07. The number of rotatable bonds is 6. The van der Waals surface area contributed by atoms with E-state index in [2.05, 4.69) is 31.4 Å². The Kier molecular flexibility index (Phi) is 5.26. The Morgan fingerprint density at radius 2 is 1.94 bits per heavy atom. The molecule has 0 aliphatic heterocycles. The molecule has 0 aromatic rings. The summed E-state index contributed by atoms with van der Waals surface area (Å²) in [6, 6.07) is 0. The smallest absolute Gasteiger partial charge is 0.221 e. The molecule has 1 aliphatic carbocycles. The second-order valence-electron chi connectivity index (χ2n) is 5.86. The van der Waals surface area contributed by atoms with Gasteiger partial charge >= 0.3 is 0 Å². The lowest BCUT2D eigenvalue weighted by atomic mass is 9.83. The molecule has 0 unspecified atom stereocenters. The zero-order chi connectivity index (χ0) is 12.0. The summed E-state index contributed by atoms with van der Waals surface area (Å²) in [6.07, 6.45) is 5.86. The first kappa shape index (κ1) is 13.5. The van der Waals surface area contributed by atoms with Gasteiger partial charge in [-0.3, -0.25) is 4.79 Å². The van der Waals surface area contributed by atoms with Gasteiger partial charge in [-0.05, 0) is 33.1 Å². The lowest BCUT2D eigenvalue weighted by Crippen LogP contribution is -2.38. The molecule has 0 aromatic carbocycles. The molecular formula is C13H26N2O. The SMILES string of the molecule is CC(C)(C)NCCC(=O)NCCC1CCC1. The maximum absolute atomic E-state index is 11.5. The van der Waals surface area contributed by atoms with Crippen molar-refractivity contribution in [2.24, 2.45) is 5.92 Å². The summed E-state index contributed by atoms with van der Waals surface area (Å²) in [6.45, 7) is 7.96. The van der Waals surface area contributed by atoms with Crippen LogP contribution in [0.3, 0.4) is 0 Å². The number of hydrogen-bond donors (Lipinski definition) is 2. The maximum atomic E-state index is 11.5. The minimum atomic E-state index is 0.103. The van der Waals surface area contributed by atoms with Crippen LogP contribution in [0.4, 0.5) is 0 Å². The lowest BCUT2D eigenvalue weighted by Gasteiger charge is -2.25. The molecule has 0 saturated heterocycles. The Balaban J connectivity index is 1.93. The molecule has 1 fully saturated rings. The normalized spacial score (nSPS) is 16.9. The summed E-state index contributed by atoms with van der Waals surface area (Å²) in [5.74, 6) is 1.06. The van der Waals surface area contributed by atoms with Crippen molar-refractivity contribution in [1.29, 1.82) is 0 Å². The van der Waals surface area contributed by atoms with Gasteiger partial charge in [0.15, 0.2) is 0 Å². The summed E-state index contributed by atoms with van der Waals surface area (Å²) in [5.41, 5.74) is 0.103. The predicted molar refractivity (Wildman–Crippen MR) is 67.3 cm³/mol. The van der Waals surface area contributed by atoms with E-state index in [1.165, 1.54) is 25.7 Å². The third-order valence-corrected chi connectivity index (χ3v) is 3.11. The van der Waals surface area contributed by atoms with Gasteiger partial charge in [0.1, 0.15) is 0 Å². The molecule has 1 saturated carbocycles. The Morgan fingerprint density at radius 3 is 2.44 bits per heavy atom. The van der Waals surface area contributed by atoms with Crippen molar-refractivity contribution in [2.45, 2.75) is 58.4 Å². The molecule has 0 spiro atoms. The van der Waals surface area contributed by atoms with Crippen LogP contribution < -0.4 is 10.6 Å². The van der Waals surface area contributed by atoms with Crippen molar-refractivity contribution in [1.82, 2.24) is 10.6 Å². The molecule has 0 aromatic heterocycles. The number of hydrogen-bond acceptors (Lipinski definition) is 2.